The van der Waals surface area contributed by atoms with Crippen molar-refractivity contribution in [2.24, 2.45) is 0 Å². The lowest BCUT2D eigenvalue weighted by Crippen LogP contribution is -2.28. The molecule has 0 radical (unpaired) electrons. The summed E-state index contributed by atoms with van der Waals surface area (Å²) in [7, 11) is 1.56. The van der Waals surface area contributed by atoms with E-state index in [9.17, 15) is 9.59 Å². The highest BCUT2D eigenvalue weighted by Crippen LogP contribution is 2.05. The molecule has 1 heterocycles. The highest BCUT2D eigenvalue weighted by atomic mass is 16.5. The number of carbonyl (C=O) groups excluding carboxylic acids is 2. The fraction of sp³-hybridized carbons (Fsp3) is 0.278. The number of ether oxygens (including phenoxy) is 1. The van der Waals surface area contributed by atoms with E-state index in [2.05, 4.69) is 15.6 Å². The van der Waals surface area contributed by atoms with Gasteiger partial charge in [-0.25, -0.2) is 0 Å². The highest BCUT2D eigenvalue weighted by molar-refractivity contribution is 5.98. The molecule has 0 fully saturated rings. The number of hydrogen-bond donors (Lipinski definition) is 2. The molecule has 1 aromatic carbocycles. The van der Waals surface area contributed by atoms with Crippen LogP contribution in [0.3, 0.4) is 0 Å². The molecule has 126 valence electrons. The smallest absolute Gasteiger partial charge is 0.269 e. The van der Waals surface area contributed by atoms with E-state index in [1.54, 1.807) is 13.2 Å². The normalized spacial score (nSPS) is 10.2. The summed E-state index contributed by atoms with van der Waals surface area (Å²) in [6, 6.07) is 11.0. The van der Waals surface area contributed by atoms with Crippen molar-refractivity contribution in [3.05, 3.63) is 65.0 Å². The molecular weight excluding hydrogens is 306 g/mol. The molecule has 0 bridgehead atoms. The monoisotopic (exact) mass is 327 g/mol. The quantitative estimate of drug-likeness (QED) is 0.759. The second-order valence-electron chi connectivity index (χ2n) is 5.35. The molecule has 1 aromatic heterocycles. The molecule has 2 N–H and O–H groups in total. The van der Waals surface area contributed by atoms with Crippen LogP contribution in [0.1, 0.15) is 32.0 Å². The molecule has 6 heteroatoms. The van der Waals surface area contributed by atoms with E-state index in [-0.39, 0.29) is 17.5 Å². The van der Waals surface area contributed by atoms with Crippen LogP contribution in [0.25, 0.3) is 0 Å². The van der Waals surface area contributed by atoms with Crippen molar-refractivity contribution in [1.82, 2.24) is 15.6 Å². The van der Waals surface area contributed by atoms with Gasteiger partial charge in [0.05, 0.1) is 6.61 Å². The van der Waals surface area contributed by atoms with Crippen molar-refractivity contribution in [2.45, 2.75) is 13.5 Å². The first kappa shape index (κ1) is 17.6. The Kier molecular flexibility index (Phi) is 6.45. The van der Waals surface area contributed by atoms with Crippen LogP contribution in [0.4, 0.5) is 0 Å². The molecule has 6 nitrogen and oxygen atoms in total. The number of nitrogens with one attached hydrogen (secondary N) is 2. The van der Waals surface area contributed by atoms with E-state index in [4.69, 9.17) is 4.74 Å². The molecule has 0 saturated heterocycles. The highest BCUT2D eigenvalue weighted by Gasteiger charge is 2.11. The van der Waals surface area contributed by atoms with Crippen molar-refractivity contribution in [3.63, 3.8) is 0 Å². The van der Waals surface area contributed by atoms with Crippen LogP contribution in [0.5, 0.6) is 0 Å². The molecule has 2 rings (SSSR count). The molecular formula is C18H21N3O3. The van der Waals surface area contributed by atoms with Gasteiger partial charge in [-0.2, -0.15) is 0 Å². The van der Waals surface area contributed by atoms with E-state index in [1.165, 1.54) is 12.3 Å². The Morgan fingerprint density at radius 3 is 2.71 bits per heavy atom. The van der Waals surface area contributed by atoms with Crippen LogP contribution >= 0.6 is 0 Å². The van der Waals surface area contributed by atoms with E-state index in [0.29, 0.717) is 25.3 Å². The number of pyridine rings is 1. The molecule has 0 spiro atoms. The third-order valence-electron chi connectivity index (χ3n) is 3.38. The number of methoxy groups -OCH3 is 1. The van der Waals surface area contributed by atoms with Gasteiger partial charge in [0, 0.05) is 32.0 Å². The topological polar surface area (TPSA) is 80.3 Å². The molecule has 2 amide bonds. The predicted octanol–water partition coefficient (Wildman–Crippen LogP) is 1.70. The first-order chi connectivity index (χ1) is 11.6. The van der Waals surface area contributed by atoms with Crippen LogP contribution in [0, 0.1) is 6.92 Å². The second kappa shape index (κ2) is 8.79. The van der Waals surface area contributed by atoms with Crippen molar-refractivity contribution < 1.29 is 14.3 Å². The Balaban J connectivity index is 1.97. The van der Waals surface area contributed by atoms with E-state index in [0.717, 1.165) is 11.1 Å². The lowest BCUT2D eigenvalue weighted by molar-refractivity contribution is 0.0932. The third-order valence-corrected chi connectivity index (χ3v) is 3.38. The second-order valence-corrected chi connectivity index (χ2v) is 5.35. The van der Waals surface area contributed by atoms with Gasteiger partial charge < -0.3 is 15.4 Å². The zero-order chi connectivity index (χ0) is 17.4. The largest absolute Gasteiger partial charge is 0.383 e. The molecule has 0 atom stereocenters. The maximum atomic E-state index is 12.2. The number of carbonyl (C=O) groups is 2. The predicted molar refractivity (Wildman–Crippen MR) is 90.8 cm³/mol. The zero-order valence-electron chi connectivity index (χ0n) is 13.8. The number of hydrogen-bond acceptors (Lipinski definition) is 4. The van der Waals surface area contributed by atoms with Crippen molar-refractivity contribution in [1.29, 1.82) is 0 Å². The number of nitrogens with zero attached hydrogens (tertiary/aromatic N) is 1. The molecule has 0 aliphatic carbocycles. The van der Waals surface area contributed by atoms with Gasteiger partial charge in [-0.15, -0.1) is 0 Å². The maximum absolute atomic E-state index is 12.2. The molecule has 0 saturated carbocycles. The third kappa shape index (κ3) is 5.17. The Labute approximate surface area is 141 Å². The van der Waals surface area contributed by atoms with Gasteiger partial charge in [-0.1, -0.05) is 29.8 Å². The van der Waals surface area contributed by atoms with Crippen LogP contribution in [0.2, 0.25) is 0 Å². The minimum atomic E-state index is -0.333. The van der Waals surface area contributed by atoms with Gasteiger partial charge >= 0.3 is 0 Å². The molecule has 0 aliphatic rings. The minimum absolute atomic E-state index is 0.203. The van der Waals surface area contributed by atoms with Crippen molar-refractivity contribution >= 4 is 11.8 Å². The number of benzene rings is 1. The first-order valence-electron chi connectivity index (χ1n) is 7.67. The number of aryl methyl sites for hydroxylation is 1. The number of aromatic nitrogens is 1. The molecule has 0 aliphatic heterocycles. The Hall–Kier alpha value is -2.73. The summed E-state index contributed by atoms with van der Waals surface area (Å²) in [6.07, 6.45) is 1.45. The van der Waals surface area contributed by atoms with Gasteiger partial charge in [0.15, 0.2) is 0 Å². The number of amides is 2. The summed E-state index contributed by atoms with van der Waals surface area (Å²) in [5, 5.41) is 5.51. The van der Waals surface area contributed by atoms with Crippen molar-refractivity contribution in [3.8, 4) is 0 Å². The lowest BCUT2D eigenvalue weighted by atomic mass is 10.1. The summed E-state index contributed by atoms with van der Waals surface area (Å²) in [5.74, 6) is -0.578. The molecule has 24 heavy (non-hydrogen) atoms. The fourth-order valence-electron chi connectivity index (χ4n) is 2.16. The van der Waals surface area contributed by atoms with Gasteiger partial charge in [0.1, 0.15) is 5.69 Å². The first-order valence-corrected chi connectivity index (χ1v) is 7.67. The summed E-state index contributed by atoms with van der Waals surface area (Å²) >= 11 is 0. The van der Waals surface area contributed by atoms with E-state index < -0.39 is 0 Å². The number of rotatable bonds is 7. The van der Waals surface area contributed by atoms with Crippen LogP contribution in [-0.2, 0) is 11.3 Å². The Morgan fingerprint density at radius 1 is 1.12 bits per heavy atom. The fourth-order valence-corrected chi connectivity index (χ4v) is 2.16. The summed E-state index contributed by atoms with van der Waals surface area (Å²) in [5.41, 5.74) is 2.76. The minimum Gasteiger partial charge on any atom is -0.383 e. The van der Waals surface area contributed by atoms with Gasteiger partial charge in [0.2, 0.25) is 0 Å². The summed E-state index contributed by atoms with van der Waals surface area (Å²) in [4.78, 5) is 28.2. The molecule has 2 aromatic rings. The summed E-state index contributed by atoms with van der Waals surface area (Å²) < 4.78 is 4.87. The van der Waals surface area contributed by atoms with Crippen LogP contribution in [0.15, 0.2) is 42.6 Å². The standard InChI is InChI=1S/C18H21N3O3/c1-13-4-3-5-14(10-13)12-21-17(22)15-6-7-19-16(11-15)18(23)20-8-9-24-2/h3-7,10-11H,8-9,12H2,1-2H3,(H,20,23)(H,21,22). The Bertz CT molecular complexity index is 716. The zero-order valence-corrected chi connectivity index (χ0v) is 13.8. The lowest BCUT2D eigenvalue weighted by Gasteiger charge is -2.08. The van der Waals surface area contributed by atoms with Gasteiger partial charge in [-0.3, -0.25) is 14.6 Å². The van der Waals surface area contributed by atoms with E-state index in [1.807, 2.05) is 31.2 Å². The van der Waals surface area contributed by atoms with Crippen LogP contribution < -0.4 is 10.6 Å². The maximum Gasteiger partial charge on any atom is 0.269 e. The van der Waals surface area contributed by atoms with E-state index >= 15 is 0 Å². The molecule has 0 unspecified atom stereocenters. The van der Waals surface area contributed by atoms with Gasteiger partial charge in [0.25, 0.3) is 11.8 Å². The average molecular weight is 327 g/mol. The van der Waals surface area contributed by atoms with Crippen LogP contribution in [-0.4, -0.2) is 37.1 Å². The SMILES string of the molecule is COCCNC(=O)c1cc(C(=O)NCc2cccc(C)c2)ccn1. The average Bonchev–Trinajstić information content (AvgIpc) is 2.60. The van der Waals surface area contributed by atoms with Gasteiger partial charge in [-0.05, 0) is 24.6 Å². The summed E-state index contributed by atoms with van der Waals surface area (Å²) in [6.45, 7) is 3.24. The Morgan fingerprint density at radius 2 is 1.96 bits per heavy atom. The van der Waals surface area contributed by atoms with Crippen molar-refractivity contribution in [2.75, 3.05) is 20.3 Å².